The largest absolute Gasteiger partial charge is 0.444 e. The van der Waals surface area contributed by atoms with E-state index in [-0.39, 0.29) is 6.09 Å². The van der Waals surface area contributed by atoms with Crippen molar-refractivity contribution in [2.75, 3.05) is 24.6 Å². The first-order valence-corrected chi connectivity index (χ1v) is 9.59. The molecular formula is C17H36N2O2S. The zero-order chi connectivity index (χ0) is 17.2. The first-order chi connectivity index (χ1) is 10.2. The van der Waals surface area contributed by atoms with Crippen LogP contribution < -0.4 is 10.6 Å². The second kappa shape index (κ2) is 11.2. The second-order valence-corrected chi connectivity index (χ2v) is 8.58. The Hall–Kier alpha value is -0.420. The van der Waals surface area contributed by atoms with Crippen LogP contribution in [0.5, 0.6) is 0 Å². The van der Waals surface area contributed by atoms with Gasteiger partial charge in [0.15, 0.2) is 0 Å². The van der Waals surface area contributed by atoms with E-state index in [0.717, 1.165) is 6.54 Å². The molecule has 0 saturated carbocycles. The lowest BCUT2D eigenvalue weighted by atomic mass is 9.95. The second-order valence-electron chi connectivity index (χ2n) is 7.18. The Bertz CT molecular complexity index is 304. The number of amides is 1. The Morgan fingerprint density at radius 1 is 1.18 bits per heavy atom. The number of ether oxygens (including phenoxy) is 1. The van der Waals surface area contributed by atoms with Crippen LogP contribution in [-0.4, -0.2) is 42.3 Å². The molecule has 5 heteroatoms. The lowest BCUT2D eigenvalue weighted by Crippen LogP contribution is -2.41. The van der Waals surface area contributed by atoms with Crippen molar-refractivity contribution in [2.24, 2.45) is 11.8 Å². The van der Waals surface area contributed by atoms with Crippen LogP contribution >= 0.6 is 11.8 Å². The van der Waals surface area contributed by atoms with E-state index in [1.165, 1.54) is 17.9 Å². The van der Waals surface area contributed by atoms with Crippen LogP contribution in [0.1, 0.15) is 54.9 Å². The predicted molar refractivity (Wildman–Crippen MR) is 97.6 cm³/mol. The maximum Gasteiger partial charge on any atom is 0.407 e. The number of carbonyl (C=O) groups is 1. The fraction of sp³-hybridized carbons (Fsp3) is 0.941. The number of hydrogen-bond donors (Lipinski definition) is 2. The maximum absolute atomic E-state index is 11.7. The molecule has 1 amide bonds. The number of alkyl carbamates (subject to hydrolysis) is 1. The van der Waals surface area contributed by atoms with Crippen LogP contribution in [0.3, 0.4) is 0 Å². The van der Waals surface area contributed by atoms with E-state index in [9.17, 15) is 4.79 Å². The van der Waals surface area contributed by atoms with Gasteiger partial charge in [0, 0.05) is 19.1 Å². The smallest absolute Gasteiger partial charge is 0.407 e. The molecule has 0 aromatic carbocycles. The van der Waals surface area contributed by atoms with Crippen LogP contribution in [0.15, 0.2) is 0 Å². The fourth-order valence-corrected chi connectivity index (χ4v) is 2.74. The summed E-state index contributed by atoms with van der Waals surface area (Å²) in [5, 5.41) is 6.48. The number of carbonyl (C=O) groups excluding carboxylic acids is 1. The van der Waals surface area contributed by atoms with Crippen LogP contribution in [-0.2, 0) is 4.74 Å². The van der Waals surface area contributed by atoms with E-state index >= 15 is 0 Å². The van der Waals surface area contributed by atoms with Gasteiger partial charge < -0.3 is 15.4 Å². The summed E-state index contributed by atoms with van der Waals surface area (Å²) in [6.07, 6.45) is 0.855. The average molecular weight is 333 g/mol. The molecule has 0 aromatic rings. The first-order valence-electron chi connectivity index (χ1n) is 8.43. The van der Waals surface area contributed by atoms with Gasteiger partial charge in [-0.25, -0.2) is 4.79 Å². The highest BCUT2D eigenvalue weighted by Crippen LogP contribution is 2.11. The van der Waals surface area contributed by atoms with Crippen molar-refractivity contribution >= 4 is 17.9 Å². The van der Waals surface area contributed by atoms with Gasteiger partial charge in [0.05, 0.1) is 0 Å². The Labute approximate surface area is 141 Å². The molecule has 132 valence electrons. The van der Waals surface area contributed by atoms with Gasteiger partial charge in [-0.2, -0.15) is 11.8 Å². The molecule has 0 aliphatic carbocycles. The minimum atomic E-state index is -0.443. The molecule has 2 atom stereocenters. The zero-order valence-corrected chi connectivity index (χ0v) is 16.3. The Morgan fingerprint density at radius 2 is 1.82 bits per heavy atom. The van der Waals surface area contributed by atoms with E-state index in [1.807, 2.05) is 32.5 Å². The summed E-state index contributed by atoms with van der Waals surface area (Å²) in [4.78, 5) is 11.7. The summed E-state index contributed by atoms with van der Waals surface area (Å²) in [6.45, 7) is 16.0. The molecule has 0 radical (unpaired) electrons. The Kier molecular flexibility index (Phi) is 11.0. The number of thioether (sulfide) groups is 1. The SMILES string of the molecule is CCSCCC(C)NCC(CNC(=O)OC(C)(C)C)C(C)C. The van der Waals surface area contributed by atoms with Crippen molar-refractivity contribution in [3.05, 3.63) is 0 Å². The molecule has 0 rings (SSSR count). The molecular weight excluding hydrogens is 296 g/mol. The third kappa shape index (κ3) is 12.2. The van der Waals surface area contributed by atoms with Crippen molar-refractivity contribution in [3.8, 4) is 0 Å². The molecule has 0 heterocycles. The Balaban J connectivity index is 4.08. The molecule has 0 fully saturated rings. The highest BCUT2D eigenvalue weighted by molar-refractivity contribution is 7.99. The van der Waals surface area contributed by atoms with Crippen LogP contribution in [0.4, 0.5) is 4.79 Å². The van der Waals surface area contributed by atoms with Crippen molar-refractivity contribution in [3.63, 3.8) is 0 Å². The molecule has 0 bridgehead atoms. The van der Waals surface area contributed by atoms with Gasteiger partial charge in [0.25, 0.3) is 0 Å². The lowest BCUT2D eigenvalue weighted by Gasteiger charge is -2.25. The third-order valence-electron chi connectivity index (χ3n) is 3.48. The van der Waals surface area contributed by atoms with Gasteiger partial charge in [-0.3, -0.25) is 0 Å². The molecule has 0 aliphatic heterocycles. The van der Waals surface area contributed by atoms with E-state index in [4.69, 9.17) is 4.74 Å². The lowest BCUT2D eigenvalue weighted by molar-refractivity contribution is 0.0514. The highest BCUT2D eigenvalue weighted by atomic mass is 32.2. The molecule has 2 N–H and O–H groups in total. The molecule has 4 nitrogen and oxygen atoms in total. The van der Waals surface area contributed by atoms with Crippen LogP contribution in [0, 0.1) is 11.8 Å². The molecule has 0 aromatic heterocycles. The number of rotatable bonds is 10. The molecule has 0 spiro atoms. The van der Waals surface area contributed by atoms with Gasteiger partial charge in [-0.05, 0) is 57.5 Å². The average Bonchev–Trinajstić information content (AvgIpc) is 2.36. The summed E-state index contributed by atoms with van der Waals surface area (Å²) in [7, 11) is 0. The van der Waals surface area contributed by atoms with Crippen molar-refractivity contribution in [2.45, 2.75) is 66.5 Å². The van der Waals surface area contributed by atoms with Crippen molar-refractivity contribution in [1.29, 1.82) is 0 Å². The number of nitrogens with one attached hydrogen (secondary N) is 2. The summed E-state index contributed by atoms with van der Waals surface area (Å²) in [6, 6.07) is 0.516. The van der Waals surface area contributed by atoms with Crippen molar-refractivity contribution in [1.82, 2.24) is 10.6 Å². The highest BCUT2D eigenvalue weighted by Gasteiger charge is 2.19. The van der Waals surface area contributed by atoms with E-state index < -0.39 is 5.60 Å². The van der Waals surface area contributed by atoms with Crippen LogP contribution in [0.25, 0.3) is 0 Å². The summed E-state index contributed by atoms with van der Waals surface area (Å²) < 4.78 is 5.29. The topological polar surface area (TPSA) is 50.4 Å². The zero-order valence-electron chi connectivity index (χ0n) is 15.5. The Morgan fingerprint density at radius 3 is 2.32 bits per heavy atom. The summed E-state index contributed by atoms with van der Waals surface area (Å²) in [5.41, 5.74) is -0.443. The summed E-state index contributed by atoms with van der Waals surface area (Å²) in [5.74, 6) is 3.31. The van der Waals surface area contributed by atoms with Gasteiger partial charge in [0.1, 0.15) is 5.60 Å². The monoisotopic (exact) mass is 332 g/mol. The number of hydrogen-bond acceptors (Lipinski definition) is 4. The minimum Gasteiger partial charge on any atom is -0.444 e. The van der Waals surface area contributed by atoms with Crippen LogP contribution in [0.2, 0.25) is 0 Å². The van der Waals surface area contributed by atoms with E-state index in [1.54, 1.807) is 0 Å². The van der Waals surface area contributed by atoms with Gasteiger partial charge >= 0.3 is 6.09 Å². The molecule has 22 heavy (non-hydrogen) atoms. The van der Waals surface area contributed by atoms with Gasteiger partial charge in [-0.15, -0.1) is 0 Å². The molecule has 0 saturated heterocycles. The first kappa shape index (κ1) is 21.6. The maximum atomic E-state index is 11.7. The quantitative estimate of drug-likeness (QED) is 0.596. The van der Waals surface area contributed by atoms with Gasteiger partial charge in [-0.1, -0.05) is 20.8 Å². The standard InChI is InChI=1S/C17H36N2O2S/c1-8-22-10-9-14(4)18-11-15(13(2)3)12-19-16(20)21-17(5,6)7/h13-15,18H,8-12H2,1-7H3,(H,19,20). The molecule has 0 aliphatic rings. The van der Waals surface area contributed by atoms with E-state index in [2.05, 4.69) is 38.3 Å². The fourth-order valence-electron chi connectivity index (χ4n) is 1.93. The predicted octanol–water partition coefficient (Wildman–Crippen LogP) is 3.90. The van der Waals surface area contributed by atoms with Crippen molar-refractivity contribution < 1.29 is 9.53 Å². The third-order valence-corrected chi connectivity index (χ3v) is 4.41. The molecule has 2 unspecified atom stereocenters. The van der Waals surface area contributed by atoms with Gasteiger partial charge in [0.2, 0.25) is 0 Å². The normalized spacial score (nSPS) is 14.7. The van der Waals surface area contributed by atoms with E-state index in [0.29, 0.717) is 24.4 Å². The summed E-state index contributed by atoms with van der Waals surface area (Å²) >= 11 is 1.98. The minimum absolute atomic E-state index is 0.328.